The van der Waals surface area contributed by atoms with E-state index >= 15 is 0 Å². The smallest absolute Gasteiger partial charge is 0.185 e. The average Bonchev–Trinajstić information content (AvgIpc) is 2.71. The van der Waals surface area contributed by atoms with Gasteiger partial charge in [-0.25, -0.2) is 4.98 Å². The first-order valence-electron chi connectivity index (χ1n) is 6.26. The van der Waals surface area contributed by atoms with Crippen molar-refractivity contribution in [3.05, 3.63) is 10.6 Å². The molecular weight excluding hydrogens is 218 g/mol. The van der Waals surface area contributed by atoms with Crippen LogP contribution in [0.15, 0.2) is 0 Å². The van der Waals surface area contributed by atoms with E-state index in [2.05, 4.69) is 18.7 Å². The van der Waals surface area contributed by atoms with Gasteiger partial charge in [-0.3, -0.25) is 0 Å². The molecule has 16 heavy (non-hydrogen) atoms. The summed E-state index contributed by atoms with van der Waals surface area (Å²) in [7, 11) is 0. The maximum atomic E-state index is 6.10. The van der Waals surface area contributed by atoms with Crippen LogP contribution in [0.25, 0.3) is 0 Å². The molecule has 90 valence electrons. The van der Waals surface area contributed by atoms with E-state index < -0.39 is 0 Å². The summed E-state index contributed by atoms with van der Waals surface area (Å²) in [5.41, 5.74) is 7.27. The second kappa shape index (κ2) is 5.15. The van der Waals surface area contributed by atoms with Crippen molar-refractivity contribution in [3.8, 4) is 0 Å². The minimum Gasteiger partial charge on any atom is -0.348 e. The van der Waals surface area contributed by atoms with Crippen molar-refractivity contribution < 1.29 is 0 Å². The van der Waals surface area contributed by atoms with E-state index in [1.807, 2.05) is 11.3 Å². The highest BCUT2D eigenvalue weighted by atomic mass is 32.1. The molecule has 1 aromatic rings. The summed E-state index contributed by atoms with van der Waals surface area (Å²) in [5.74, 6) is 0. The summed E-state index contributed by atoms with van der Waals surface area (Å²) in [6, 6.07) is 0.175. The highest BCUT2D eigenvalue weighted by Gasteiger charge is 2.23. The molecule has 0 saturated heterocycles. The fourth-order valence-electron chi connectivity index (χ4n) is 2.23. The van der Waals surface area contributed by atoms with Gasteiger partial charge >= 0.3 is 0 Å². The Hall–Kier alpha value is -0.610. The molecule has 0 aliphatic heterocycles. The zero-order chi connectivity index (χ0) is 11.5. The summed E-state index contributed by atoms with van der Waals surface area (Å²) >= 11 is 1.85. The third kappa shape index (κ3) is 2.23. The van der Waals surface area contributed by atoms with Crippen molar-refractivity contribution in [1.82, 2.24) is 4.98 Å². The highest BCUT2D eigenvalue weighted by molar-refractivity contribution is 7.15. The van der Waals surface area contributed by atoms with Gasteiger partial charge in [0.15, 0.2) is 5.13 Å². The highest BCUT2D eigenvalue weighted by Crippen LogP contribution is 2.35. The van der Waals surface area contributed by atoms with E-state index in [-0.39, 0.29) is 6.04 Å². The van der Waals surface area contributed by atoms with Crippen molar-refractivity contribution in [2.45, 2.75) is 45.6 Å². The van der Waals surface area contributed by atoms with Gasteiger partial charge in [0.2, 0.25) is 0 Å². The summed E-state index contributed by atoms with van der Waals surface area (Å²) in [4.78, 5) is 8.52. The molecule has 1 unspecified atom stereocenters. The molecule has 1 heterocycles. The van der Waals surface area contributed by atoms with Gasteiger partial charge in [0.05, 0.1) is 5.69 Å². The fourth-order valence-corrected chi connectivity index (χ4v) is 3.49. The van der Waals surface area contributed by atoms with Gasteiger partial charge in [-0.05, 0) is 32.6 Å². The van der Waals surface area contributed by atoms with Gasteiger partial charge in [0.1, 0.15) is 0 Å². The lowest BCUT2D eigenvalue weighted by Crippen LogP contribution is -2.23. The van der Waals surface area contributed by atoms with Crippen molar-refractivity contribution >= 4 is 16.5 Å². The summed E-state index contributed by atoms with van der Waals surface area (Å²) < 4.78 is 0. The molecule has 0 fully saturated rings. The maximum Gasteiger partial charge on any atom is 0.185 e. The fraction of sp³-hybridized carbons (Fsp3) is 0.750. The number of thiazole rings is 1. The molecule has 1 atom stereocenters. The normalized spacial score (nSPS) is 19.6. The SMILES string of the molecule is CCCN(CC)c1nc2c(s1)CCCC2N. The number of nitrogens with zero attached hydrogens (tertiary/aromatic N) is 2. The van der Waals surface area contributed by atoms with E-state index in [9.17, 15) is 0 Å². The quantitative estimate of drug-likeness (QED) is 0.878. The van der Waals surface area contributed by atoms with Crippen LogP contribution in [-0.2, 0) is 6.42 Å². The number of fused-ring (bicyclic) bond motifs is 1. The Morgan fingerprint density at radius 2 is 2.31 bits per heavy atom. The molecule has 2 N–H and O–H groups in total. The summed E-state index contributed by atoms with van der Waals surface area (Å²) in [6.45, 7) is 6.53. The Labute approximate surface area is 102 Å². The number of hydrogen-bond acceptors (Lipinski definition) is 4. The largest absolute Gasteiger partial charge is 0.348 e. The van der Waals surface area contributed by atoms with Crippen LogP contribution in [0.3, 0.4) is 0 Å². The Morgan fingerprint density at radius 1 is 1.50 bits per heavy atom. The molecule has 0 spiro atoms. The number of anilines is 1. The van der Waals surface area contributed by atoms with Crippen LogP contribution in [0.1, 0.15) is 49.7 Å². The van der Waals surface area contributed by atoms with Crippen molar-refractivity contribution in [2.75, 3.05) is 18.0 Å². The third-order valence-electron chi connectivity index (χ3n) is 3.13. The Bertz CT molecular complexity index is 348. The molecule has 0 amide bonds. The van der Waals surface area contributed by atoms with E-state index in [1.165, 1.54) is 35.0 Å². The number of aromatic nitrogens is 1. The average molecular weight is 239 g/mol. The molecule has 4 heteroatoms. The first-order valence-corrected chi connectivity index (χ1v) is 7.08. The van der Waals surface area contributed by atoms with Crippen LogP contribution in [0.5, 0.6) is 0 Å². The number of hydrogen-bond donors (Lipinski definition) is 1. The van der Waals surface area contributed by atoms with Crippen LogP contribution < -0.4 is 10.6 Å². The standard InChI is InChI=1S/C12H21N3S/c1-3-8-15(4-2)12-14-11-9(13)6-5-7-10(11)16-12/h9H,3-8,13H2,1-2H3. The predicted octanol–water partition coefficient (Wildman–Crippen LogP) is 2.72. The number of rotatable bonds is 4. The lowest BCUT2D eigenvalue weighted by Gasteiger charge is -2.18. The van der Waals surface area contributed by atoms with Crippen molar-refractivity contribution in [1.29, 1.82) is 0 Å². The second-order valence-corrected chi connectivity index (χ2v) is 5.45. The van der Waals surface area contributed by atoms with E-state index in [0.717, 1.165) is 19.5 Å². The minimum atomic E-state index is 0.175. The Balaban J connectivity index is 2.22. The van der Waals surface area contributed by atoms with E-state index in [4.69, 9.17) is 10.7 Å². The predicted molar refractivity (Wildman–Crippen MR) is 70.2 cm³/mol. The van der Waals surface area contributed by atoms with E-state index in [0.29, 0.717) is 0 Å². The molecule has 1 aromatic heterocycles. The van der Waals surface area contributed by atoms with Crippen LogP contribution in [-0.4, -0.2) is 18.1 Å². The molecule has 2 rings (SSSR count). The number of nitrogens with two attached hydrogens (primary N) is 1. The van der Waals surface area contributed by atoms with Gasteiger partial charge in [0, 0.05) is 24.0 Å². The minimum absolute atomic E-state index is 0.175. The topological polar surface area (TPSA) is 42.2 Å². The lowest BCUT2D eigenvalue weighted by atomic mass is 9.99. The Morgan fingerprint density at radius 3 is 2.94 bits per heavy atom. The third-order valence-corrected chi connectivity index (χ3v) is 4.32. The number of aryl methyl sites for hydroxylation is 1. The maximum absolute atomic E-state index is 6.10. The molecule has 0 aromatic carbocycles. The monoisotopic (exact) mass is 239 g/mol. The molecule has 1 aliphatic carbocycles. The first kappa shape index (κ1) is 11.9. The lowest BCUT2D eigenvalue weighted by molar-refractivity contribution is 0.563. The van der Waals surface area contributed by atoms with Crippen LogP contribution in [0, 0.1) is 0 Å². The zero-order valence-corrected chi connectivity index (χ0v) is 11.0. The molecule has 0 radical (unpaired) electrons. The molecule has 0 bridgehead atoms. The molecule has 1 aliphatic rings. The summed E-state index contributed by atoms with van der Waals surface area (Å²) in [6.07, 6.45) is 4.65. The van der Waals surface area contributed by atoms with Crippen LogP contribution in [0.2, 0.25) is 0 Å². The van der Waals surface area contributed by atoms with Gasteiger partial charge < -0.3 is 10.6 Å². The van der Waals surface area contributed by atoms with Crippen LogP contribution >= 0.6 is 11.3 Å². The molecular formula is C12H21N3S. The Kier molecular flexibility index (Phi) is 3.82. The van der Waals surface area contributed by atoms with Crippen LogP contribution in [0.4, 0.5) is 5.13 Å². The van der Waals surface area contributed by atoms with Gasteiger partial charge in [0.25, 0.3) is 0 Å². The molecule has 3 nitrogen and oxygen atoms in total. The zero-order valence-electron chi connectivity index (χ0n) is 10.2. The van der Waals surface area contributed by atoms with Gasteiger partial charge in [-0.1, -0.05) is 6.92 Å². The molecule has 0 saturated carbocycles. The van der Waals surface area contributed by atoms with Crippen molar-refractivity contribution in [3.63, 3.8) is 0 Å². The van der Waals surface area contributed by atoms with Gasteiger partial charge in [-0.2, -0.15) is 0 Å². The van der Waals surface area contributed by atoms with E-state index in [1.54, 1.807) is 0 Å². The summed E-state index contributed by atoms with van der Waals surface area (Å²) in [5, 5.41) is 1.17. The van der Waals surface area contributed by atoms with Crippen molar-refractivity contribution in [2.24, 2.45) is 5.73 Å². The second-order valence-electron chi connectivity index (χ2n) is 4.38. The van der Waals surface area contributed by atoms with Gasteiger partial charge in [-0.15, -0.1) is 11.3 Å². The first-order chi connectivity index (χ1) is 7.76.